The van der Waals surface area contributed by atoms with Gasteiger partial charge < -0.3 is 16.2 Å². The fourth-order valence-electron chi connectivity index (χ4n) is 1.26. The number of amides is 1. The van der Waals surface area contributed by atoms with E-state index in [1.807, 2.05) is 25.1 Å². The van der Waals surface area contributed by atoms with Gasteiger partial charge in [0.1, 0.15) is 6.04 Å². The molecule has 5 nitrogen and oxygen atoms in total. The van der Waals surface area contributed by atoms with Crippen molar-refractivity contribution in [2.75, 3.05) is 16.8 Å². The summed E-state index contributed by atoms with van der Waals surface area (Å²) in [5.74, 6) is -0.875. The van der Waals surface area contributed by atoms with Gasteiger partial charge in [-0.05, 0) is 40.5 Å². The number of aryl methyl sites for hydroxylation is 1. The number of benzene rings is 1. The summed E-state index contributed by atoms with van der Waals surface area (Å²) in [5.41, 5.74) is 7.12. The van der Waals surface area contributed by atoms with E-state index in [9.17, 15) is 9.59 Å². The Morgan fingerprint density at radius 1 is 1.53 bits per heavy atom. The van der Waals surface area contributed by atoms with Crippen LogP contribution in [0.5, 0.6) is 0 Å². The normalized spacial score (nSPS) is 11.9. The average molecular weight is 347 g/mol. The summed E-state index contributed by atoms with van der Waals surface area (Å²) in [6.45, 7) is 1.96. The molecule has 104 valence electrons. The number of hydrogen-bond acceptors (Lipinski definition) is 4. The summed E-state index contributed by atoms with van der Waals surface area (Å²) in [6, 6.07) is 4.67. The van der Waals surface area contributed by atoms with Crippen molar-refractivity contribution in [2.24, 2.45) is 5.73 Å². The van der Waals surface area contributed by atoms with E-state index in [0.717, 1.165) is 10.0 Å². The first-order valence-corrected chi connectivity index (χ1v) is 7.47. The molecule has 0 saturated carbocycles. The molecule has 0 heterocycles. The number of carbonyl (C=O) groups is 2. The van der Waals surface area contributed by atoms with E-state index in [-0.39, 0.29) is 17.4 Å². The molecule has 1 aromatic carbocycles. The van der Waals surface area contributed by atoms with Gasteiger partial charge in [0, 0.05) is 10.2 Å². The van der Waals surface area contributed by atoms with Gasteiger partial charge in [-0.25, -0.2) is 0 Å². The number of halogens is 1. The van der Waals surface area contributed by atoms with Crippen LogP contribution in [0.25, 0.3) is 0 Å². The van der Waals surface area contributed by atoms with Crippen LogP contribution >= 0.6 is 27.7 Å². The topological polar surface area (TPSA) is 92.4 Å². The Kier molecular flexibility index (Phi) is 6.33. The number of aliphatic carboxylic acids is 1. The molecule has 0 aliphatic heterocycles. The SMILES string of the molecule is Cc1ccc(NC(=O)CSC[C@@H](N)C(=O)O)c(Br)c1. The second-order valence-electron chi connectivity index (χ2n) is 3.99. The highest BCUT2D eigenvalue weighted by Crippen LogP contribution is 2.23. The van der Waals surface area contributed by atoms with Crippen LogP contribution in [0, 0.1) is 6.92 Å². The van der Waals surface area contributed by atoms with Gasteiger partial charge in [-0.3, -0.25) is 9.59 Å². The van der Waals surface area contributed by atoms with Crippen molar-refractivity contribution in [1.29, 1.82) is 0 Å². The molecule has 1 atom stereocenters. The van der Waals surface area contributed by atoms with E-state index < -0.39 is 12.0 Å². The van der Waals surface area contributed by atoms with E-state index >= 15 is 0 Å². The smallest absolute Gasteiger partial charge is 0.321 e. The Morgan fingerprint density at radius 2 is 2.21 bits per heavy atom. The first kappa shape index (κ1) is 16.0. The molecule has 0 radical (unpaired) electrons. The van der Waals surface area contributed by atoms with Gasteiger partial charge >= 0.3 is 5.97 Å². The Labute approximate surface area is 124 Å². The predicted octanol–water partition coefficient (Wildman–Crippen LogP) is 1.84. The van der Waals surface area contributed by atoms with Gasteiger partial charge in [0.05, 0.1) is 11.4 Å². The van der Waals surface area contributed by atoms with Gasteiger partial charge in [-0.1, -0.05) is 6.07 Å². The average Bonchev–Trinajstić information content (AvgIpc) is 2.32. The number of nitrogens with two attached hydrogens (primary N) is 1. The van der Waals surface area contributed by atoms with Crippen LogP contribution in [0.2, 0.25) is 0 Å². The monoisotopic (exact) mass is 346 g/mol. The van der Waals surface area contributed by atoms with Gasteiger partial charge in [-0.15, -0.1) is 11.8 Å². The predicted molar refractivity (Wildman–Crippen MR) is 80.4 cm³/mol. The molecule has 7 heteroatoms. The molecule has 0 unspecified atom stereocenters. The molecular formula is C12H15BrN2O3S. The van der Waals surface area contributed by atoms with Gasteiger partial charge in [0.15, 0.2) is 0 Å². The standard InChI is InChI=1S/C12H15BrN2O3S/c1-7-2-3-10(8(13)4-7)15-11(16)6-19-5-9(14)12(17)18/h2-4,9H,5-6,14H2,1H3,(H,15,16)(H,17,18)/t9-/m1/s1. The van der Waals surface area contributed by atoms with Crippen molar-refractivity contribution < 1.29 is 14.7 Å². The van der Waals surface area contributed by atoms with Crippen molar-refractivity contribution in [2.45, 2.75) is 13.0 Å². The van der Waals surface area contributed by atoms with Crippen molar-refractivity contribution in [1.82, 2.24) is 0 Å². The van der Waals surface area contributed by atoms with Gasteiger partial charge in [0.25, 0.3) is 0 Å². The second kappa shape index (κ2) is 7.52. The van der Waals surface area contributed by atoms with E-state index in [0.29, 0.717) is 5.69 Å². The lowest BCUT2D eigenvalue weighted by Gasteiger charge is -2.09. The summed E-state index contributed by atoms with van der Waals surface area (Å²) in [5, 5.41) is 11.3. The number of carboxylic acid groups (broad SMARTS) is 1. The summed E-state index contributed by atoms with van der Waals surface area (Å²) in [7, 11) is 0. The quantitative estimate of drug-likeness (QED) is 0.730. The first-order valence-electron chi connectivity index (χ1n) is 5.52. The van der Waals surface area contributed by atoms with Crippen LogP contribution in [0.15, 0.2) is 22.7 Å². The van der Waals surface area contributed by atoms with E-state index in [1.54, 1.807) is 0 Å². The third kappa shape index (κ3) is 5.63. The minimum atomic E-state index is -1.06. The molecule has 0 saturated heterocycles. The number of thioether (sulfide) groups is 1. The summed E-state index contributed by atoms with van der Waals surface area (Å²) >= 11 is 4.56. The Hall–Kier alpha value is -1.05. The number of carbonyl (C=O) groups excluding carboxylic acids is 1. The maximum Gasteiger partial charge on any atom is 0.321 e. The maximum absolute atomic E-state index is 11.7. The zero-order valence-electron chi connectivity index (χ0n) is 10.4. The van der Waals surface area contributed by atoms with Gasteiger partial charge in [0.2, 0.25) is 5.91 Å². The summed E-state index contributed by atoms with van der Waals surface area (Å²) in [4.78, 5) is 22.2. The third-order valence-electron chi connectivity index (χ3n) is 2.25. The van der Waals surface area contributed by atoms with E-state index in [2.05, 4.69) is 21.2 Å². The molecule has 0 aliphatic carbocycles. The summed E-state index contributed by atoms with van der Waals surface area (Å²) < 4.78 is 0.813. The fraction of sp³-hybridized carbons (Fsp3) is 0.333. The number of anilines is 1. The van der Waals surface area contributed by atoms with Crippen LogP contribution in [-0.2, 0) is 9.59 Å². The molecule has 1 rings (SSSR count). The minimum absolute atomic E-state index is 0.168. The Bertz CT molecular complexity index is 482. The van der Waals surface area contributed by atoms with Crippen molar-refractivity contribution in [3.8, 4) is 0 Å². The van der Waals surface area contributed by atoms with Crippen LogP contribution in [0.4, 0.5) is 5.69 Å². The molecule has 0 spiro atoms. The number of hydrogen-bond donors (Lipinski definition) is 3. The van der Waals surface area contributed by atoms with Crippen molar-refractivity contribution in [3.63, 3.8) is 0 Å². The van der Waals surface area contributed by atoms with Crippen LogP contribution in [0.3, 0.4) is 0 Å². The molecule has 0 fully saturated rings. The Morgan fingerprint density at radius 3 is 2.79 bits per heavy atom. The third-order valence-corrected chi connectivity index (χ3v) is 3.96. The molecule has 0 aromatic heterocycles. The molecule has 1 amide bonds. The molecular weight excluding hydrogens is 332 g/mol. The van der Waals surface area contributed by atoms with E-state index in [4.69, 9.17) is 10.8 Å². The highest BCUT2D eigenvalue weighted by molar-refractivity contribution is 9.10. The lowest BCUT2D eigenvalue weighted by Crippen LogP contribution is -2.33. The molecule has 0 aliphatic rings. The molecule has 1 aromatic rings. The maximum atomic E-state index is 11.7. The van der Waals surface area contributed by atoms with E-state index in [1.165, 1.54) is 11.8 Å². The van der Waals surface area contributed by atoms with Crippen molar-refractivity contribution >= 4 is 45.3 Å². The van der Waals surface area contributed by atoms with Crippen LogP contribution in [-0.4, -0.2) is 34.5 Å². The van der Waals surface area contributed by atoms with Crippen LogP contribution < -0.4 is 11.1 Å². The highest BCUT2D eigenvalue weighted by Gasteiger charge is 2.12. The largest absolute Gasteiger partial charge is 0.480 e. The summed E-state index contributed by atoms with van der Waals surface area (Å²) in [6.07, 6.45) is 0. The number of carboxylic acids is 1. The lowest BCUT2D eigenvalue weighted by atomic mass is 10.2. The van der Waals surface area contributed by atoms with Crippen LogP contribution in [0.1, 0.15) is 5.56 Å². The zero-order valence-corrected chi connectivity index (χ0v) is 12.8. The Balaban J connectivity index is 2.41. The molecule has 19 heavy (non-hydrogen) atoms. The fourth-order valence-corrected chi connectivity index (χ4v) is 2.62. The number of rotatable bonds is 6. The van der Waals surface area contributed by atoms with Gasteiger partial charge in [-0.2, -0.15) is 0 Å². The first-order chi connectivity index (χ1) is 8.90. The minimum Gasteiger partial charge on any atom is -0.480 e. The second-order valence-corrected chi connectivity index (χ2v) is 5.88. The lowest BCUT2D eigenvalue weighted by molar-refractivity contribution is -0.137. The van der Waals surface area contributed by atoms with Crippen molar-refractivity contribution in [3.05, 3.63) is 28.2 Å². The zero-order chi connectivity index (χ0) is 14.4. The molecule has 4 N–H and O–H groups in total. The highest BCUT2D eigenvalue weighted by atomic mass is 79.9. The molecule has 0 bridgehead atoms. The number of nitrogens with one attached hydrogen (secondary N) is 1.